The van der Waals surface area contributed by atoms with Gasteiger partial charge >= 0.3 is 0 Å². The minimum absolute atomic E-state index is 0.987. The number of hydrogen-bond acceptors (Lipinski definition) is 2. The van der Waals surface area contributed by atoms with Crippen molar-refractivity contribution < 1.29 is 0 Å². The molecular weight excluding hydrogens is 160 g/mol. The van der Waals surface area contributed by atoms with Crippen LogP contribution in [0.2, 0.25) is 0 Å². The second-order valence-electron chi connectivity index (χ2n) is 3.30. The minimum Gasteiger partial charge on any atom is -0.316 e. The molecule has 2 rings (SSSR count). The van der Waals surface area contributed by atoms with Gasteiger partial charge in [0.2, 0.25) is 0 Å². The zero-order valence-electron chi connectivity index (χ0n) is 7.71. The van der Waals surface area contributed by atoms with Crippen LogP contribution in [-0.4, -0.2) is 18.1 Å². The molecule has 2 heterocycles. The molecule has 1 aromatic rings. The lowest BCUT2D eigenvalue weighted by Crippen LogP contribution is -2.16. The van der Waals surface area contributed by atoms with Gasteiger partial charge in [-0.25, -0.2) is 0 Å². The largest absolute Gasteiger partial charge is 0.316 e. The summed E-state index contributed by atoms with van der Waals surface area (Å²) in [6.07, 6.45) is 3.94. The average molecular weight is 174 g/mol. The van der Waals surface area contributed by atoms with Crippen molar-refractivity contribution in [1.82, 2.24) is 10.3 Å². The molecule has 68 valence electrons. The van der Waals surface area contributed by atoms with Gasteiger partial charge in [-0.3, -0.25) is 4.98 Å². The first-order valence-electron chi connectivity index (χ1n) is 4.72. The summed E-state index contributed by atoms with van der Waals surface area (Å²) in [6, 6.07) is 4.21. The lowest BCUT2D eigenvalue weighted by Gasteiger charge is -2.04. The molecule has 1 aliphatic heterocycles. The maximum absolute atomic E-state index is 4.53. The second-order valence-corrected chi connectivity index (χ2v) is 3.30. The fourth-order valence-corrected chi connectivity index (χ4v) is 1.66. The van der Waals surface area contributed by atoms with Crippen LogP contribution in [0.25, 0.3) is 6.08 Å². The number of rotatable bonds is 1. The molecule has 2 nitrogen and oxygen atoms in total. The maximum Gasteiger partial charge on any atom is 0.0627 e. The molecule has 2 heteroatoms. The predicted octanol–water partition coefficient (Wildman–Crippen LogP) is 1.41. The van der Waals surface area contributed by atoms with E-state index in [1.54, 1.807) is 6.08 Å². The highest BCUT2D eigenvalue weighted by molar-refractivity contribution is 5.43. The molecule has 0 unspecified atom stereocenters. The molecule has 0 aliphatic carbocycles. The number of aromatic nitrogens is 1. The molecule has 0 atom stereocenters. The Hall–Kier alpha value is -1.15. The molecule has 1 aromatic heterocycles. The molecule has 0 bridgehead atoms. The van der Waals surface area contributed by atoms with Crippen LogP contribution >= 0.6 is 0 Å². The van der Waals surface area contributed by atoms with E-state index in [1.807, 2.05) is 6.07 Å². The zero-order chi connectivity index (χ0) is 9.10. The number of fused-ring (bicyclic) bond motifs is 1. The average Bonchev–Trinajstić information content (AvgIpc) is 2.41. The lowest BCUT2D eigenvalue weighted by atomic mass is 10.1. The van der Waals surface area contributed by atoms with E-state index in [0.29, 0.717) is 0 Å². The summed E-state index contributed by atoms with van der Waals surface area (Å²) in [4.78, 5) is 4.53. The molecule has 0 saturated carbocycles. The van der Waals surface area contributed by atoms with Crippen LogP contribution in [0.3, 0.4) is 0 Å². The third kappa shape index (κ3) is 1.78. The summed E-state index contributed by atoms with van der Waals surface area (Å²) in [5.74, 6) is 0. The normalized spacial score (nSPS) is 16.0. The topological polar surface area (TPSA) is 24.9 Å². The zero-order valence-corrected chi connectivity index (χ0v) is 7.71. The minimum atomic E-state index is 0.987. The van der Waals surface area contributed by atoms with Crippen LogP contribution in [0.5, 0.6) is 0 Å². The van der Waals surface area contributed by atoms with E-state index in [4.69, 9.17) is 0 Å². The Balaban J connectivity index is 2.37. The number of nitrogens with zero attached hydrogens (tertiary/aromatic N) is 1. The van der Waals surface area contributed by atoms with Crippen molar-refractivity contribution in [3.8, 4) is 0 Å². The molecular formula is C11H14N2. The summed E-state index contributed by atoms with van der Waals surface area (Å²) in [7, 11) is 0. The van der Waals surface area contributed by atoms with Crippen LogP contribution in [0.15, 0.2) is 18.7 Å². The van der Waals surface area contributed by atoms with Gasteiger partial charge in [-0.05, 0) is 30.7 Å². The number of nitrogens with one attached hydrogen (secondary N) is 1. The van der Waals surface area contributed by atoms with Crippen LogP contribution in [0.4, 0.5) is 0 Å². The smallest absolute Gasteiger partial charge is 0.0627 e. The van der Waals surface area contributed by atoms with Gasteiger partial charge in [-0.1, -0.05) is 12.6 Å². The van der Waals surface area contributed by atoms with Crippen LogP contribution < -0.4 is 5.32 Å². The Morgan fingerprint density at radius 2 is 2.15 bits per heavy atom. The Morgan fingerprint density at radius 3 is 3.00 bits per heavy atom. The van der Waals surface area contributed by atoms with Crippen molar-refractivity contribution >= 4 is 6.08 Å². The summed E-state index contributed by atoms with van der Waals surface area (Å²) in [6.45, 7) is 5.84. The third-order valence-corrected chi connectivity index (χ3v) is 2.41. The lowest BCUT2D eigenvalue weighted by molar-refractivity contribution is 0.708. The highest BCUT2D eigenvalue weighted by Crippen LogP contribution is 2.11. The first kappa shape index (κ1) is 8.45. The summed E-state index contributed by atoms with van der Waals surface area (Å²) < 4.78 is 0. The van der Waals surface area contributed by atoms with Crippen molar-refractivity contribution in [3.63, 3.8) is 0 Å². The van der Waals surface area contributed by atoms with Gasteiger partial charge < -0.3 is 5.32 Å². The Bertz CT molecular complexity index is 318. The Morgan fingerprint density at radius 1 is 1.31 bits per heavy atom. The van der Waals surface area contributed by atoms with Crippen LogP contribution in [0, 0.1) is 0 Å². The molecule has 0 radical (unpaired) electrons. The van der Waals surface area contributed by atoms with E-state index in [2.05, 4.69) is 22.9 Å². The van der Waals surface area contributed by atoms with Gasteiger partial charge in [0.05, 0.1) is 5.69 Å². The quantitative estimate of drug-likeness (QED) is 0.696. The van der Waals surface area contributed by atoms with E-state index < -0.39 is 0 Å². The molecule has 1 N–H and O–H groups in total. The molecule has 0 fully saturated rings. The maximum atomic E-state index is 4.53. The van der Waals surface area contributed by atoms with Crippen molar-refractivity contribution in [1.29, 1.82) is 0 Å². The summed E-state index contributed by atoms with van der Waals surface area (Å²) in [5.41, 5.74) is 3.61. The van der Waals surface area contributed by atoms with E-state index in [9.17, 15) is 0 Å². The molecule has 0 saturated heterocycles. The SMILES string of the molecule is C=Cc1ccc2c(n1)CCNCC2. The predicted molar refractivity (Wildman–Crippen MR) is 54.6 cm³/mol. The molecule has 0 amide bonds. The molecule has 0 aromatic carbocycles. The molecule has 1 aliphatic rings. The first-order chi connectivity index (χ1) is 6.40. The summed E-state index contributed by atoms with van der Waals surface area (Å²) >= 11 is 0. The van der Waals surface area contributed by atoms with E-state index in [-0.39, 0.29) is 0 Å². The summed E-state index contributed by atoms with van der Waals surface area (Å²) in [5, 5.41) is 3.37. The Kier molecular flexibility index (Phi) is 2.41. The van der Waals surface area contributed by atoms with Gasteiger partial charge in [-0.2, -0.15) is 0 Å². The standard InChI is InChI=1S/C11H14N2/c1-2-10-4-3-9-5-7-12-8-6-11(9)13-10/h2-4,12H,1,5-8H2. The van der Waals surface area contributed by atoms with E-state index >= 15 is 0 Å². The number of pyridine rings is 1. The first-order valence-corrected chi connectivity index (χ1v) is 4.72. The fourth-order valence-electron chi connectivity index (χ4n) is 1.66. The van der Waals surface area contributed by atoms with E-state index in [1.165, 1.54) is 11.3 Å². The second kappa shape index (κ2) is 3.71. The van der Waals surface area contributed by atoms with Gasteiger partial charge in [0, 0.05) is 18.7 Å². The van der Waals surface area contributed by atoms with Gasteiger partial charge in [0.1, 0.15) is 0 Å². The fraction of sp³-hybridized carbons (Fsp3) is 0.364. The van der Waals surface area contributed by atoms with E-state index in [0.717, 1.165) is 31.6 Å². The van der Waals surface area contributed by atoms with Crippen molar-refractivity contribution in [2.24, 2.45) is 0 Å². The van der Waals surface area contributed by atoms with Gasteiger partial charge in [0.15, 0.2) is 0 Å². The number of hydrogen-bond donors (Lipinski definition) is 1. The van der Waals surface area contributed by atoms with Crippen LogP contribution in [0.1, 0.15) is 17.0 Å². The monoisotopic (exact) mass is 174 g/mol. The highest BCUT2D eigenvalue weighted by atomic mass is 14.9. The Labute approximate surface area is 78.7 Å². The highest BCUT2D eigenvalue weighted by Gasteiger charge is 2.07. The molecule has 0 spiro atoms. The molecule has 13 heavy (non-hydrogen) atoms. The van der Waals surface area contributed by atoms with Gasteiger partial charge in [-0.15, -0.1) is 0 Å². The van der Waals surface area contributed by atoms with Crippen molar-refractivity contribution in [2.45, 2.75) is 12.8 Å². The third-order valence-electron chi connectivity index (χ3n) is 2.41. The van der Waals surface area contributed by atoms with Gasteiger partial charge in [0.25, 0.3) is 0 Å². The van der Waals surface area contributed by atoms with Crippen molar-refractivity contribution in [2.75, 3.05) is 13.1 Å². The van der Waals surface area contributed by atoms with Crippen molar-refractivity contribution in [3.05, 3.63) is 35.7 Å². The van der Waals surface area contributed by atoms with Crippen LogP contribution in [-0.2, 0) is 12.8 Å².